The molecule has 1 rings (SSSR count). The Hall–Kier alpha value is -1.05. The van der Waals surface area contributed by atoms with Crippen molar-refractivity contribution in [3.63, 3.8) is 0 Å². The van der Waals surface area contributed by atoms with E-state index in [9.17, 15) is 4.79 Å². The predicted octanol–water partition coefficient (Wildman–Crippen LogP) is 1.38. The van der Waals surface area contributed by atoms with Crippen molar-refractivity contribution in [1.29, 1.82) is 0 Å². The highest BCUT2D eigenvalue weighted by Crippen LogP contribution is 2.21. The van der Waals surface area contributed by atoms with Crippen molar-refractivity contribution in [3.05, 3.63) is 23.3 Å². The number of nitrogens with two attached hydrogens (primary N) is 1. The second-order valence-corrected chi connectivity index (χ2v) is 3.16. The van der Waals surface area contributed by atoms with E-state index in [1.165, 1.54) is 5.57 Å². The molecule has 1 amide bonds. The third kappa shape index (κ3) is 1.93. The fourth-order valence-electron chi connectivity index (χ4n) is 1.40. The highest BCUT2D eigenvalue weighted by Gasteiger charge is 2.11. The predicted molar refractivity (Wildman–Crippen MR) is 44.8 cm³/mol. The standard InChI is InChI=1S/C9H13NO/c1-6-3-7(2)5-8(4-6)9(10)11/h4-6H,3H2,1-2H3,(H2,10,11). The molecule has 0 heterocycles. The van der Waals surface area contributed by atoms with E-state index in [2.05, 4.69) is 6.92 Å². The van der Waals surface area contributed by atoms with E-state index in [4.69, 9.17) is 5.73 Å². The maximum Gasteiger partial charge on any atom is 0.248 e. The first kappa shape index (κ1) is 8.05. The molecule has 0 aromatic carbocycles. The van der Waals surface area contributed by atoms with Gasteiger partial charge in [-0.3, -0.25) is 4.79 Å². The number of carbonyl (C=O) groups is 1. The molecule has 0 radical (unpaired) electrons. The molecule has 0 aromatic heterocycles. The first-order valence-corrected chi connectivity index (χ1v) is 3.78. The van der Waals surface area contributed by atoms with E-state index in [0.29, 0.717) is 11.5 Å². The van der Waals surface area contributed by atoms with Crippen LogP contribution >= 0.6 is 0 Å². The van der Waals surface area contributed by atoms with Crippen LogP contribution < -0.4 is 5.73 Å². The van der Waals surface area contributed by atoms with Gasteiger partial charge in [-0.15, -0.1) is 0 Å². The van der Waals surface area contributed by atoms with Crippen molar-refractivity contribution in [2.75, 3.05) is 0 Å². The average molecular weight is 151 g/mol. The van der Waals surface area contributed by atoms with Gasteiger partial charge in [0.2, 0.25) is 5.91 Å². The monoisotopic (exact) mass is 151 g/mol. The zero-order valence-electron chi connectivity index (χ0n) is 6.92. The van der Waals surface area contributed by atoms with Gasteiger partial charge in [0.15, 0.2) is 0 Å². The van der Waals surface area contributed by atoms with Gasteiger partial charge in [-0.2, -0.15) is 0 Å². The second-order valence-electron chi connectivity index (χ2n) is 3.16. The molecule has 0 saturated heterocycles. The van der Waals surface area contributed by atoms with Gasteiger partial charge in [0, 0.05) is 5.57 Å². The summed E-state index contributed by atoms with van der Waals surface area (Å²) in [4.78, 5) is 10.8. The summed E-state index contributed by atoms with van der Waals surface area (Å²) in [6.07, 6.45) is 4.83. The van der Waals surface area contributed by atoms with Crippen molar-refractivity contribution in [1.82, 2.24) is 0 Å². The maximum atomic E-state index is 10.8. The van der Waals surface area contributed by atoms with Crippen LogP contribution in [0.15, 0.2) is 23.3 Å². The number of primary amides is 1. The Morgan fingerprint density at radius 2 is 2.36 bits per heavy atom. The van der Waals surface area contributed by atoms with Crippen molar-refractivity contribution in [2.45, 2.75) is 20.3 Å². The Morgan fingerprint density at radius 1 is 1.73 bits per heavy atom. The van der Waals surface area contributed by atoms with Gasteiger partial charge < -0.3 is 5.73 Å². The lowest BCUT2D eigenvalue weighted by Gasteiger charge is -2.13. The summed E-state index contributed by atoms with van der Waals surface area (Å²) in [5, 5.41) is 0. The Kier molecular flexibility index (Phi) is 2.13. The van der Waals surface area contributed by atoms with E-state index in [-0.39, 0.29) is 5.91 Å². The molecule has 2 nitrogen and oxygen atoms in total. The normalized spacial score (nSPS) is 24.0. The van der Waals surface area contributed by atoms with Crippen LogP contribution in [0.25, 0.3) is 0 Å². The van der Waals surface area contributed by atoms with Crippen LogP contribution in [-0.2, 0) is 4.79 Å². The summed E-state index contributed by atoms with van der Waals surface area (Å²) in [7, 11) is 0. The van der Waals surface area contributed by atoms with Crippen LogP contribution in [0.2, 0.25) is 0 Å². The zero-order valence-corrected chi connectivity index (χ0v) is 6.92. The Morgan fingerprint density at radius 3 is 2.82 bits per heavy atom. The summed E-state index contributed by atoms with van der Waals surface area (Å²) < 4.78 is 0. The third-order valence-corrected chi connectivity index (χ3v) is 1.79. The van der Waals surface area contributed by atoms with E-state index in [1.54, 1.807) is 0 Å². The molecule has 0 fully saturated rings. The summed E-state index contributed by atoms with van der Waals surface area (Å²) in [5.41, 5.74) is 7.02. The van der Waals surface area contributed by atoms with Gasteiger partial charge in [-0.1, -0.05) is 24.6 Å². The largest absolute Gasteiger partial charge is 0.366 e. The molecular formula is C9H13NO. The lowest BCUT2D eigenvalue weighted by atomic mass is 9.92. The Balaban J connectivity index is 2.87. The van der Waals surface area contributed by atoms with Crippen LogP contribution in [0.5, 0.6) is 0 Å². The van der Waals surface area contributed by atoms with Crippen molar-refractivity contribution in [3.8, 4) is 0 Å². The first-order valence-electron chi connectivity index (χ1n) is 3.78. The van der Waals surface area contributed by atoms with Gasteiger partial charge in [-0.25, -0.2) is 0 Å². The highest BCUT2D eigenvalue weighted by molar-refractivity contribution is 5.95. The Labute approximate surface area is 66.8 Å². The molecule has 60 valence electrons. The molecule has 0 aliphatic heterocycles. The van der Waals surface area contributed by atoms with E-state index < -0.39 is 0 Å². The third-order valence-electron chi connectivity index (χ3n) is 1.79. The minimum absolute atomic E-state index is 0.323. The molecule has 1 atom stereocenters. The molecule has 11 heavy (non-hydrogen) atoms. The SMILES string of the molecule is CC1=CC(C(N)=O)=CC(C)C1. The van der Waals surface area contributed by atoms with Crippen molar-refractivity contribution in [2.24, 2.45) is 11.7 Å². The summed E-state index contributed by atoms with van der Waals surface area (Å²) in [6, 6.07) is 0. The Bertz CT molecular complexity index is 238. The molecule has 1 unspecified atom stereocenters. The quantitative estimate of drug-likeness (QED) is 0.604. The van der Waals surface area contributed by atoms with Crippen LogP contribution in [0.1, 0.15) is 20.3 Å². The molecule has 0 spiro atoms. The molecule has 0 aromatic rings. The number of hydrogen-bond acceptors (Lipinski definition) is 1. The highest BCUT2D eigenvalue weighted by atomic mass is 16.1. The van der Waals surface area contributed by atoms with Gasteiger partial charge in [0.25, 0.3) is 0 Å². The fourth-order valence-corrected chi connectivity index (χ4v) is 1.40. The van der Waals surface area contributed by atoms with Gasteiger partial charge in [0.1, 0.15) is 0 Å². The summed E-state index contributed by atoms with van der Waals surface area (Å²) in [5.74, 6) is 0.124. The maximum absolute atomic E-state index is 10.8. The smallest absolute Gasteiger partial charge is 0.248 e. The fraction of sp³-hybridized carbons (Fsp3) is 0.444. The zero-order chi connectivity index (χ0) is 8.43. The van der Waals surface area contributed by atoms with Crippen LogP contribution in [0.3, 0.4) is 0 Å². The number of amides is 1. The average Bonchev–Trinajstić information content (AvgIpc) is 1.85. The van der Waals surface area contributed by atoms with Crippen molar-refractivity contribution < 1.29 is 4.79 Å². The lowest BCUT2D eigenvalue weighted by molar-refractivity contribution is -0.114. The van der Waals surface area contributed by atoms with Gasteiger partial charge in [-0.05, 0) is 19.3 Å². The topological polar surface area (TPSA) is 43.1 Å². The molecule has 1 aliphatic carbocycles. The number of carbonyl (C=O) groups excluding carboxylic acids is 1. The lowest BCUT2D eigenvalue weighted by Crippen LogP contribution is -2.15. The number of allylic oxidation sites excluding steroid dienone is 2. The van der Waals surface area contributed by atoms with Gasteiger partial charge >= 0.3 is 0 Å². The van der Waals surface area contributed by atoms with E-state index in [0.717, 1.165) is 6.42 Å². The van der Waals surface area contributed by atoms with E-state index >= 15 is 0 Å². The van der Waals surface area contributed by atoms with E-state index in [1.807, 2.05) is 19.1 Å². The second kappa shape index (κ2) is 2.91. The molecule has 2 heteroatoms. The van der Waals surface area contributed by atoms with Crippen LogP contribution in [-0.4, -0.2) is 5.91 Å². The molecular weight excluding hydrogens is 138 g/mol. The van der Waals surface area contributed by atoms with Gasteiger partial charge in [0.05, 0.1) is 0 Å². The molecule has 0 saturated carbocycles. The van der Waals surface area contributed by atoms with Crippen molar-refractivity contribution >= 4 is 5.91 Å². The minimum Gasteiger partial charge on any atom is -0.366 e. The molecule has 1 aliphatic rings. The van der Waals surface area contributed by atoms with Crippen LogP contribution in [0, 0.1) is 5.92 Å². The van der Waals surface area contributed by atoms with Crippen LogP contribution in [0.4, 0.5) is 0 Å². The summed E-state index contributed by atoms with van der Waals surface area (Å²) >= 11 is 0. The molecule has 2 N–H and O–H groups in total. The minimum atomic E-state index is -0.323. The molecule has 0 bridgehead atoms. The number of rotatable bonds is 1. The first-order chi connectivity index (χ1) is 5.09. The number of hydrogen-bond donors (Lipinski definition) is 1. The summed E-state index contributed by atoms with van der Waals surface area (Å²) in [6.45, 7) is 4.10.